The minimum Gasteiger partial charge on any atom is -0.449 e. The van der Waals surface area contributed by atoms with Crippen molar-refractivity contribution in [2.45, 2.75) is 13.0 Å². The van der Waals surface area contributed by atoms with Gasteiger partial charge < -0.3 is 4.74 Å². The number of amides is 2. The summed E-state index contributed by atoms with van der Waals surface area (Å²) in [4.78, 5) is 35.6. The zero-order valence-corrected chi connectivity index (χ0v) is 14.7. The van der Waals surface area contributed by atoms with Gasteiger partial charge in [-0.05, 0) is 37.3 Å². The van der Waals surface area contributed by atoms with E-state index in [4.69, 9.17) is 4.74 Å². The lowest BCUT2D eigenvalue weighted by molar-refractivity contribution is -0.129. The number of halogens is 2. The molecule has 0 bridgehead atoms. The van der Waals surface area contributed by atoms with E-state index in [2.05, 4.69) is 26.8 Å². The van der Waals surface area contributed by atoms with E-state index in [1.54, 1.807) is 30.3 Å². The first-order valence-electron chi connectivity index (χ1n) is 7.19. The van der Waals surface area contributed by atoms with Crippen LogP contribution < -0.4 is 10.9 Å². The fourth-order valence-electron chi connectivity index (χ4n) is 1.81. The largest absolute Gasteiger partial charge is 0.449 e. The Morgan fingerprint density at radius 2 is 1.76 bits per heavy atom. The van der Waals surface area contributed by atoms with E-state index in [1.165, 1.54) is 19.1 Å². The fraction of sp³-hybridized carbons (Fsp3) is 0.118. The molecule has 2 rings (SSSR count). The molecule has 0 fully saturated rings. The van der Waals surface area contributed by atoms with Gasteiger partial charge in [-0.2, -0.15) is 0 Å². The van der Waals surface area contributed by atoms with Gasteiger partial charge in [0.1, 0.15) is 5.82 Å². The molecular formula is C17H14BrFN2O4. The van der Waals surface area contributed by atoms with E-state index >= 15 is 0 Å². The van der Waals surface area contributed by atoms with Crippen molar-refractivity contribution in [1.29, 1.82) is 0 Å². The van der Waals surface area contributed by atoms with Crippen LogP contribution in [0.1, 0.15) is 27.6 Å². The van der Waals surface area contributed by atoms with Gasteiger partial charge in [0, 0.05) is 10.0 Å². The third-order valence-corrected chi connectivity index (χ3v) is 3.63. The van der Waals surface area contributed by atoms with E-state index < -0.39 is 29.7 Å². The maximum Gasteiger partial charge on any atom is 0.341 e. The van der Waals surface area contributed by atoms with Crippen LogP contribution in [0.15, 0.2) is 53.0 Å². The summed E-state index contributed by atoms with van der Waals surface area (Å²) in [6.45, 7) is 1.30. The van der Waals surface area contributed by atoms with Gasteiger partial charge in [-0.15, -0.1) is 0 Å². The standard InChI is InChI=1S/C17H14BrFN2O4/c1-10(25-17(24)13-8-7-12(18)9-14(13)19)15(22)20-21-16(23)11-5-3-2-4-6-11/h2-10H,1H3,(H,20,22)(H,21,23)/t10-/m1/s1. The molecule has 2 aromatic rings. The Balaban J connectivity index is 1.89. The Kier molecular flexibility index (Phi) is 6.24. The quantitative estimate of drug-likeness (QED) is 0.601. The van der Waals surface area contributed by atoms with Crippen LogP contribution >= 0.6 is 15.9 Å². The molecule has 0 heterocycles. The number of hydrazine groups is 1. The average molecular weight is 409 g/mol. The summed E-state index contributed by atoms with van der Waals surface area (Å²) in [6.07, 6.45) is -1.23. The Bertz CT molecular complexity index is 798. The molecule has 0 aromatic heterocycles. The van der Waals surface area contributed by atoms with Gasteiger partial charge in [-0.25, -0.2) is 9.18 Å². The van der Waals surface area contributed by atoms with E-state index in [9.17, 15) is 18.8 Å². The highest BCUT2D eigenvalue weighted by atomic mass is 79.9. The molecule has 6 nitrogen and oxygen atoms in total. The second-order valence-corrected chi connectivity index (χ2v) is 5.90. The van der Waals surface area contributed by atoms with Crippen molar-refractivity contribution in [2.24, 2.45) is 0 Å². The van der Waals surface area contributed by atoms with Gasteiger partial charge in [0.05, 0.1) is 5.56 Å². The Morgan fingerprint density at radius 3 is 2.40 bits per heavy atom. The highest BCUT2D eigenvalue weighted by Crippen LogP contribution is 2.16. The molecule has 0 unspecified atom stereocenters. The lowest BCUT2D eigenvalue weighted by Gasteiger charge is -2.14. The van der Waals surface area contributed by atoms with E-state index in [-0.39, 0.29) is 5.56 Å². The smallest absolute Gasteiger partial charge is 0.341 e. The monoisotopic (exact) mass is 408 g/mol. The molecule has 25 heavy (non-hydrogen) atoms. The maximum absolute atomic E-state index is 13.7. The minimum atomic E-state index is -1.23. The predicted octanol–water partition coefficient (Wildman–Crippen LogP) is 2.59. The average Bonchev–Trinajstić information content (AvgIpc) is 2.59. The van der Waals surface area contributed by atoms with Crippen molar-refractivity contribution in [2.75, 3.05) is 0 Å². The zero-order valence-electron chi connectivity index (χ0n) is 13.1. The van der Waals surface area contributed by atoms with Crippen LogP contribution in [-0.2, 0) is 9.53 Å². The summed E-state index contributed by atoms with van der Waals surface area (Å²) in [5.41, 5.74) is 4.40. The number of hydrogen-bond acceptors (Lipinski definition) is 4. The molecule has 0 saturated carbocycles. The number of ether oxygens (including phenoxy) is 1. The number of esters is 1. The normalized spacial score (nSPS) is 11.3. The molecule has 0 saturated heterocycles. The summed E-state index contributed by atoms with van der Waals surface area (Å²) in [5, 5.41) is 0. The number of nitrogens with one attached hydrogen (secondary N) is 2. The first-order chi connectivity index (χ1) is 11.9. The van der Waals surface area contributed by atoms with Gasteiger partial charge in [0.2, 0.25) is 0 Å². The van der Waals surface area contributed by atoms with Crippen LogP contribution in [0.5, 0.6) is 0 Å². The van der Waals surface area contributed by atoms with Crippen LogP contribution in [-0.4, -0.2) is 23.9 Å². The summed E-state index contributed by atoms with van der Waals surface area (Å²) in [5.74, 6) is -3.03. The molecule has 0 aliphatic carbocycles. The van der Waals surface area contributed by atoms with Crippen molar-refractivity contribution in [3.05, 3.63) is 69.9 Å². The van der Waals surface area contributed by atoms with Gasteiger partial charge in [0.15, 0.2) is 6.10 Å². The summed E-state index contributed by atoms with van der Waals surface area (Å²) in [6, 6.07) is 12.1. The minimum absolute atomic E-state index is 0.295. The van der Waals surface area contributed by atoms with Crippen LogP contribution in [0.2, 0.25) is 0 Å². The number of carbonyl (C=O) groups excluding carboxylic acids is 3. The van der Waals surface area contributed by atoms with E-state index in [0.717, 1.165) is 6.07 Å². The van der Waals surface area contributed by atoms with Crippen molar-refractivity contribution in [1.82, 2.24) is 10.9 Å². The highest BCUT2D eigenvalue weighted by Gasteiger charge is 2.21. The topological polar surface area (TPSA) is 84.5 Å². The molecule has 8 heteroatoms. The third kappa shape index (κ3) is 5.12. The molecular weight excluding hydrogens is 395 g/mol. The molecule has 2 aromatic carbocycles. The van der Waals surface area contributed by atoms with Crippen molar-refractivity contribution < 1.29 is 23.5 Å². The lowest BCUT2D eigenvalue weighted by Crippen LogP contribution is -2.46. The van der Waals surface area contributed by atoms with Gasteiger partial charge >= 0.3 is 5.97 Å². The molecule has 0 aliphatic heterocycles. The second kappa shape index (κ2) is 8.39. The molecule has 2 N–H and O–H groups in total. The van der Waals surface area contributed by atoms with Gasteiger partial charge in [0.25, 0.3) is 11.8 Å². The maximum atomic E-state index is 13.7. The number of benzene rings is 2. The first kappa shape index (κ1) is 18.6. The Hall–Kier alpha value is -2.74. The molecule has 130 valence electrons. The van der Waals surface area contributed by atoms with Gasteiger partial charge in [-0.3, -0.25) is 20.4 Å². The predicted molar refractivity (Wildman–Crippen MR) is 91.0 cm³/mol. The second-order valence-electron chi connectivity index (χ2n) is 4.98. The summed E-state index contributed by atoms with van der Waals surface area (Å²) in [7, 11) is 0. The van der Waals surface area contributed by atoms with Crippen LogP contribution in [0, 0.1) is 5.82 Å². The van der Waals surface area contributed by atoms with E-state index in [0.29, 0.717) is 10.0 Å². The molecule has 2 amide bonds. The van der Waals surface area contributed by atoms with Crippen molar-refractivity contribution in [3.8, 4) is 0 Å². The molecule has 0 radical (unpaired) electrons. The van der Waals surface area contributed by atoms with Crippen LogP contribution in [0.25, 0.3) is 0 Å². The van der Waals surface area contributed by atoms with Crippen molar-refractivity contribution in [3.63, 3.8) is 0 Å². The lowest BCUT2D eigenvalue weighted by atomic mass is 10.2. The molecule has 1 atom stereocenters. The molecule has 0 aliphatic rings. The first-order valence-corrected chi connectivity index (χ1v) is 7.99. The molecule has 0 spiro atoms. The number of hydrogen-bond donors (Lipinski definition) is 2. The highest BCUT2D eigenvalue weighted by molar-refractivity contribution is 9.10. The van der Waals surface area contributed by atoms with E-state index in [1.807, 2.05) is 0 Å². The van der Waals surface area contributed by atoms with Crippen molar-refractivity contribution >= 4 is 33.7 Å². The zero-order chi connectivity index (χ0) is 18.4. The summed E-state index contributed by atoms with van der Waals surface area (Å²) >= 11 is 3.08. The SMILES string of the molecule is C[C@@H](OC(=O)c1ccc(Br)cc1F)C(=O)NNC(=O)c1ccccc1. The number of carbonyl (C=O) groups is 3. The van der Waals surface area contributed by atoms with Crippen LogP contribution in [0.4, 0.5) is 4.39 Å². The summed E-state index contributed by atoms with van der Waals surface area (Å²) < 4.78 is 19.1. The number of rotatable bonds is 4. The Labute approximate surface area is 151 Å². The fourth-order valence-corrected chi connectivity index (χ4v) is 2.15. The third-order valence-electron chi connectivity index (χ3n) is 3.14. The van der Waals surface area contributed by atoms with Crippen LogP contribution in [0.3, 0.4) is 0 Å². The Morgan fingerprint density at radius 1 is 1.08 bits per heavy atom. The van der Waals surface area contributed by atoms with Gasteiger partial charge in [-0.1, -0.05) is 34.1 Å².